The highest BCUT2D eigenvalue weighted by Crippen LogP contribution is 2.28. The lowest BCUT2D eigenvalue weighted by atomic mass is 10.1. The van der Waals surface area contributed by atoms with Gasteiger partial charge in [-0.2, -0.15) is 0 Å². The molecule has 0 aliphatic heterocycles. The van der Waals surface area contributed by atoms with Crippen molar-refractivity contribution in [1.82, 2.24) is 5.32 Å². The number of halogens is 2. The summed E-state index contributed by atoms with van der Waals surface area (Å²) in [4.78, 5) is 23.5. The van der Waals surface area contributed by atoms with Crippen molar-refractivity contribution in [3.05, 3.63) is 57.6 Å². The molecule has 0 unspecified atom stereocenters. The molecule has 8 heteroatoms. The molecule has 0 saturated heterocycles. The zero-order valence-electron chi connectivity index (χ0n) is 14.9. The Morgan fingerprint density at radius 2 is 1.81 bits per heavy atom. The molecule has 0 atom stereocenters. The van der Waals surface area contributed by atoms with Crippen molar-refractivity contribution in [2.24, 2.45) is 0 Å². The molecule has 0 radical (unpaired) electrons. The van der Waals surface area contributed by atoms with Crippen LogP contribution in [0, 0.1) is 0 Å². The SMILES string of the molecule is COC(=O)c1ccc(OCC(=O)NCCc2ccc(Cl)cc2Cl)c(OC)c1. The molecule has 2 aromatic carbocycles. The highest BCUT2D eigenvalue weighted by atomic mass is 35.5. The topological polar surface area (TPSA) is 73.9 Å². The van der Waals surface area contributed by atoms with Gasteiger partial charge in [-0.15, -0.1) is 0 Å². The Kier molecular flexibility index (Phi) is 7.76. The van der Waals surface area contributed by atoms with Crippen LogP contribution in [-0.2, 0) is 16.0 Å². The van der Waals surface area contributed by atoms with Gasteiger partial charge in [-0.05, 0) is 42.3 Å². The van der Waals surface area contributed by atoms with Crippen LogP contribution in [-0.4, -0.2) is 39.2 Å². The molecule has 2 aromatic rings. The smallest absolute Gasteiger partial charge is 0.337 e. The van der Waals surface area contributed by atoms with E-state index in [1.807, 2.05) is 6.07 Å². The van der Waals surface area contributed by atoms with E-state index in [1.54, 1.807) is 18.2 Å². The van der Waals surface area contributed by atoms with Crippen LogP contribution < -0.4 is 14.8 Å². The van der Waals surface area contributed by atoms with Crippen molar-refractivity contribution in [2.75, 3.05) is 27.4 Å². The Bertz CT molecular complexity index is 826. The number of hydrogen-bond donors (Lipinski definition) is 1. The predicted octanol–water partition coefficient (Wildman–Crippen LogP) is 3.53. The number of nitrogens with one attached hydrogen (secondary N) is 1. The lowest BCUT2D eigenvalue weighted by molar-refractivity contribution is -0.123. The molecule has 1 amide bonds. The summed E-state index contributed by atoms with van der Waals surface area (Å²) in [6.45, 7) is 0.213. The van der Waals surface area contributed by atoms with Gasteiger partial charge in [0.1, 0.15) is 0 Å². The number of hydrogen-bond acceptors (Lipinski definition) is 5. The molecule has 6 nitrogen and oxygen atoms in total. The fourth-order valence-corrected chi connectivity index (χ4v) is 2.79. The van der Waals surface area contributed by atoms with Crippen molar-refractivity contribution in [3.63, 3.8) is 0 Å². The fourth-order valence-electron chi connectivity index (χ4n) is 2.29. The second kappa shape index (κ2) is 10.0. The van der Waals surface area contributed by atoms with Crippen molar-refractivity contribution in [2.45, 2.75) is 6.42 Å². The Morgan fingerprint density at radius 3 is 2.48 bits per heavy atom. The number of esters is 1. The van der Waals surface area contributed by atoms with Gasteiger partial charge in [0.15, 0.2) is 18.1 Å². The van der Waals surface area contributed by atoms with Gasteiger partial charge in [0.25, 0.3) is 5.91 Å². The summed E-state index contributed by atoms with van der Waals surface area (Å²) >= 11 is 12.0. The van der Waals surface area contributed by atoms with Gasteiger partial charge in [0, 0.05) is 16.6 Å². The first-order valence-corrected chi connectivity index (χ1v) is 8.80. The molecule has 0 bridgehead atoms. The number of rotatable bonds is 8. The molecule has 2 rings (SSSR count). The van der Waals surface area contributed by atoms with Crippen LogP contribution in [0.2, 0.25) is 10.0 Å². The molecule has 1 N–H and O–H groups in total. The van der Waals surface area contributed by atoms with Gasteiger partial charge in [0.2, 0.25) is 0 Å². The summed E-state index contributed by atoms with van der Waals surface area (Å²) in [6, 6.07) is 9.80. The molecule has 0 spiro atoms. The van der Waals surface area contributed by atoms with Crippen molar-refractivity contribution in [1.29, 1.82) is 0 Å². The Hall–Kier alpha value is -2.44. The van der Waals surface area contributed by atoms with Gasteiger partial charge >= 0.3 is 5.97 Å². The summed E-state index contributed by atoms with van der Waals surface area (Å²) in [5.74, 6) is -0.0997. The van der Waals surface area contributed by atoms with Crippen LogP contribution in [0.25, 0.3) is 0 Å². The number of amides is 1. The molecule has 27 heavy (non-hydrogen) atoms. The number of benzene rings is 2. The van der Waals surface area contributed by atoms with E-state index in [0.717, 1.165) is 5.56 Å². The van der Waals surface area contributed by atoms with Crippen LogP contribution in [0.1, 0.15) is 15.9 Å². The Balaban J connectivity index is 1.85. The zero-order valence-corrected chi connectivity index (χ0v) is 16.4. The maximum absolute atomic E-state index is 12.0. The molecule has 0 aliphatic carbocycles. The van der Waals surface area contributed by atoms with Gasteiger partial charge in [-0.25, -0.2) is 4.79 Å². The Labute approximate surface area is 167 Å². The highest BCUT2D eigenvalue weighted by molar-refractivity contribution is 6.35. The third-order valence-electron chi connectivity index (χ3n) is 3.68. The summed E-state index contributed by atoms with van der Waals surface area (Å²) < 4.78 is 15.3. The second-order valence-corrected chi connectivity index (χ2v) is 6.33. The largest absolute Gasteiger partial charge is 0.493 e. The van der Waals surface area contributed by atoms with Gasteiger partial charge in [0.05, 0.1) is 19.8 Å². The van der Waals surface area contributed by atoms with E-state index in [0.29, 0.717) is 40.1 Å². The Morgan fingerprint density at radius 1 is 1.04 bits per heavy atom. The third kappa shape index (κ3) is 6.05. The molecular weight excluding hydrogens is 393 g/mol. The van der Waals surface area contributed by atoms with Gasteiger partial charge in [-0.1, -0.05) is 29.3 Å². The van der Waals surface area contributed by atoms with Crippen LogP contribution in [0.5, 0.6) is 11.5 Å². The highest BCUT2D eigenvalue weighted by Gasteiger charge is 2.12. The predicted molar refractivity (Wildman–Crippen MR) is 103 cm³/mol. The van der Waals surface area contributed by atoms with E-state index in [9.17, 15) is 9.59 Å². The van der Waals surface area contributed by atoms with Crippen LogP contribution >= 0.6 is 23.2 Å². The van der Waals surface area contributed by atoms with Gasteiger partial charge < -0.3 is 19.5 Å². The molecular formula is C19H19Cl2NO5. The first-order chi connectivity index (χ1) is 12.9. The van der Waals surface area contributed by atoms with Crippen molar-refractivity contribution < 1.29 is 23.8 Å². The fraction of sp³-hybridized carbons (Fsp3) is 0.263. The van der Waals surface area contributed by atoms with E-state index in [-0.39, 0.29) is 12.5 Å². The minimum Gasteiger partial charge on any atom is -0.493 e. The van der Waals surface area contributed by atoms with Gasteiger partial charge in [-0.3, -0.25) is 4.79 Å². The molecule has 0 aromatic heterocycles. The van der Waals surface area contributed by atoms with E-state index in [2.05, 4.69) is 10.1 Å². The number of methoxy groups -OCH3 is 2. The molecule has 0 saturated carbocycles. The lowest BCUT2D eigenvalue weighted by Crippen LogP contribution is -2.30. The maximum Gasteiger partial charge on any atom is 0.337 e. The minimum absolute atomic E-state index is 0.192. The molecule has 0 fully saturated rings. The standard InChI is InChI=1S/C19H19Cl2NO5/c1-25-17-9-13(19(24)26-2)4-6-16(17)27-11-18(23)22-8-7-12-3-5-14(20)10-15(12)21/h3-6,9-10H,7-8,11H2,1-2H3,(H,22,23). The van der Waals surface area contributed by atoms with E-state index < -0.39 is 5.97 Å². The summed E-state index contributed by atoms with van der Waals surface area (Å²) in [6.07, 6.45) is 0.568. The van der Waals surface area contributed by atoms with E-state index >= 15 is 0 Å². The van der Waals surface area contributed by atoms with Crippen molar-refractivity contribution >= 4 is 35.1 Å². The molecule has 144 valence electrons. The number of carbonyl (C=O) groups is 2. The first-order valence-electron chi connectivity index (χ1n) is 8.04. The quantitative estimate of drug-likeness (QED) is 0.672. The molecule has 0 heterocycles. The van der Waals surface area contributed by atoms with E-state index in [1.165, 1.54) is 26.4 Å². The zero-order chi connectivity index (χ0) is 19.8. The first kappa shape index (κ1) is 20.9. The summed E-state index contributed by atoms with van der Waals surface area (Å²) in [5, 5.41) is 3.87. The van der Waals surface area contributed by atoms with Crippen LogP contribution in [0.3, 0.4) is 0 Å². The van der Waals surface area contributed by atoms with Crippen molar-refractivity contribution in [3.8, 4) is 11.5 Å². The number of carbonyl (C=O) groups excluding carboxylic acids is 2. The summed E-state index contributed by atoms with van der Waals surface area (Å²) in [7, 11) is 2.74. The third-order valence-corrected chi connectivity index (χ3v) is 4.26. The van der Waals surface area contributed by atoms with Crippen LogP contribution in [0.15, 0.2) is 36.4 Å². The molecule has 0 aliphatic rings. The van der Waals surface area contributed by atoms with E-state index in [4.69, 9.17) is 32.7 Å². The van der Waals surface area contributed by atoms with Crippen LogP contribution in [0.4, 0.5) is 0 Å². The monoisotopic (exact) mass is 411 g/mol. The minimum atomic E-state index is -0.488. The average molecular weight is 412 g/mol. The number of ether oxygens (including phenoxy) is 3. The summed E-state index contributed by atoms with van der Waals surface area (Å²) in [5.41, 5.74) is 1.22. The normalized spacial score (nSPS) is 10.2. The second-order valence-electron chi connectivity index (χ2n) is 5.48. The average Bonchev–Trinajstić information content (AvgIpc) is 2.67. The lowest BCUT2D eigenvalue weighted by Gasteiger charge is -2.12. The maximum atomic E-state index is 12.0.